The van der Waals surface area contributed by atoms with E-state index in [-0.39, 0.29) is 68.0 Å². The number of carboxylic acid groups (broad SMARTS) is 1. The van der Waals surface area contributed by atoms with Gasteiger partial charge in [0, 0.05) is 11.1 Å². The number of rotatable bonds is 16. The number of carbonyl (C=O) groups excluding carboxylic acids is 1. The van der Waals surface area contributed by atoms with Gasteiger partial charge in [0.05, 0.1) is 46.0 Å². The molecule has 0 saturated heterocycles. The van der Waals surface area contributed by atoms with E-state index in [9.17, 15) is 18.4 Å². The summed E-state index contributed by atoms with van der Waals surface area (Å²) in [5.41, 5.74) is 7.89. The lowest BCUT2D eigenvalue weighted by atomic mass is 9.81. The number of carboxylic acids is 1. The normalized spacial score (nSPS) is 11.5. The quantitative estimate of drug-likeness (QED) is 0.0756. The molecule has 73 heavy (non-hydrogen) atoms. The second-order valence-corrected chi connectivity index (χ2v) is 18.9. The first-order chi connectivity index (χ1) is 33.8. The molecule has 0 unspecified atom stereocenters. The van der Waals surface area contributed by atoms with Crippen LogP contribution in [0.1, 0.15) is 128 Å². The van der Waals surface area contributed by atoms with Crippen LogP contribution < -0.4 is 18.9 Å². The molecular weight excluding hydrogens is 923 g/mol. The molecule has 386 valence electrons. The van der Waals surface area contributed by atoms with Crippen LogP contribution >= 0.6 is 0 Å². The van der Waals surface area contributed by atoms with Crippen molar-refractivity contribution in [2.45, 2.75) is 119 Å². The summed E-state index contributed by atoms with van der Waals surface area (Å²) in [4.78, 5) is 22.9. The SMILES string of the molecule is C.C.CC#C[C@@H](CC(=O)O)c1ccc(OCc2ccc(C(C)(C)C)c(-c3cc(OC)ccc3F)c2)cc1.CC#C[C@@H](CC(=O)OC)c1ccc(OCc2ccc(C(C)(C)C)c(-c3cc(OC)ccc3F)c2)cc1. The average Bonchev–Trinajstić information content (AvgIpc) is 3.34. The molecule has 10 heteroatoms. The number of ether oxygens (including phenoxy) is 5. The molecule has 0 amide bonds. The highest BCUT2D eigenvalue weighted by atomic mass is 19.1. The van der Waals surface area contributed by atoms with E-state index in [4.69, 9.17) is 28.8 Å². The molecule has 0 bridgehead atoms. The molecule has 0 aliphatic rings. The summed E-state index contributed by atoms with van der Waals surface area (Å²) in [6.07, 6.45) is 0.145. The minimum Gasteiger partial charge on any atom is -0.497 e. The van der Waals surface area contributed by atoms with E-state index in [1.165, 1.54) is 19.2 Å². The lowest BCUT2D eigenvalue weighted by Crippen LogP contribution is -2.13. The van der Waals surface area contributed by atoms with Gasteiger partial charge in [-0.2, -0.15) is 0 Å². The molecule has 0 aromatic heterocycles. The second kappa shape index (κ2) is 27.3. The third kappa shape index (κ3) is 16.8. The number of benzene rings is 6. The van der Waals surface area contributed by atoms with Crippen molar-refractivity contribution in [3.05, 3.63) is 166 Å². The van der Waals surface area contributed by atoms with Crippen LogP contribution in [-0.4, -0.2) is 38.4 Å². The van der Waals surface area contributed by atoms with Gasteiger partial charge in [-0.3, -0.25) is 9.59 Å². The molecule has 1 N–H and O–H groups in total. The van der Waals surface area contributed by atoms with Gasteiger partial charge in [-0.1, -0.05) is 117 Å². The fraction of sp³-hybridized carbons (Fsp3) is 0.333. The third-order valence-electron chi connectivity index (χ3n) is 11.7. The molecule has 6 aromatic rings. The van der Waals surface area contributed by atoms with E-state index in [0.29, 0.717) is 47.3 Å². The Morgan fingerprint density at radius 1 is 0.521 bits per heavy atom. The van der Waals surface area contributed by atoms with Crippen molar-refractivity contribution in [2.75, 3.05) is 21.3 Å². The van der Waals surface area contributed by atoms with Crippen LogP contribution in [0.3, 0.4) is 0 Å². The maximum Gasteiger partial charge on any atom is 0.307 e. The van der Waals surface area contributed by atoms with E-state index < -0.39 is 5.97 Å². The van der Waals surface area contributed by atoms with E-state index in [0.717, 1.165) is 44.5 Å². The van der Waals surface area contributed by atoms with Crippen molar-refractivity contribution in [1.82, 2.24) is 0 Å². The third-order valence-corrected chi connectivity index (χ3v) is 11.7. The molecule has 0 heterocycles. The van der Waals surface area contributed by atoms with E-state index in [1.54, 1.807) is 52.3 Å². The predicted octanol–water partition coefficient (Wildman–Crippen LogP) is 15.3. The predicted molar refractivity (Wildman–Crippen MR) is 290 cm³/mol. The Morgan fingerprint density at radius 2 is 0.890 bits per heavy atom. The number of carbonyl (C=O) groups is 2. The van der Waals surface area contributed by atoms with Gasteiger partial charge in [0.25, 0.3) is 0 Å². The zero-order chi connectivity index (χ0) is 51.9. The van der Waals surface area contributed by atoms with Gasteiger partial charge in [-0.15, -0.1) is 11.8 Å². The average molecular weight is 995 g/mol. The Bertz CT molecular complexity index is 2900. The fourth-order valence-corrected chi connectivity index (χ4v) is 8.00. The summed E-state index contributed by atoms with van der Waals surface area (Å²) < 4.78 is 57.2. The number of hydrogen-bond acceptors (Lipinski definition) is 7. The van der Waals surface area contributed by atoms with E-state index in [2.05, 4.69) is 65.2 Å². The van der Waals surface area contributed by atoms with Crippen molar-refractivity contribution < 1.29 is 47.2 Å². The summed E-state index contributed by atoms with van der Waals surface area (Å²) in [5, 5.41) is 9.13. The van der Waals surface area contributed by atoms with Gasteiger partial charge in [0.2, 0.25) is 0 Å². The Balaban J connectivity index is 0.000000375. The molecular formula is C63H72F2O8. The largest absolute Gasteiger partial charge is 0.497 e. The first-order valence-electron chi connectivity index (χ1n) is 23.3. The molecule has 2 atom stereocenters. The van der Waals surface area contributed by atoms with Gasteiger partial charge in [-0.05, 0) is 142 Å². The summed E-state index contributed by atoms with van der Waals surface area (Å²) >= 11 is 0. The van der Waals surface area contributed by atoms with E-state index >= 15 is 0 Å². The summed E-state index contributed by atoms with van der Waals surface area (Å²) in [5.74, 6) is 11.8. The van der Waals surface area contributed by atoms with Crippen molar-refractivity contribution in [1.29, 1.82) is 0 Å². The Kier molecular flexibility index (Phi) is 22.4. The van der Waals surface area contributed by atoms with Crippen LogP contribution in [0.4, 0.5) is 8.78 Å². The fourth-order valence-electron chi connectivity index (χ4n) is 8.00. The standard InChI is InChI=1S/C31H33FO4.C30H31FO4.2CH4/c1-7-8-23(18-30(33)35-6)22-10-12-24(13-11-22)36-20-21-9-15-28(31(2,3)4)26(17-21)27-19-25(34-5)14-16-29(27)32;1-6-7-22(17-29(32)33)21-9-11-23(12-10-21)35-19-20-8-14-27(30(2,3)4)25(16-20)26-18-24(34-5)13-15-28(26)31;;/h9-17,19,23H,18,20H2,1-6H3;8-16,18,22H,17,19H2,1-5H3,(H,32,33);2*1H4/t23-;22-;;/m00../s1. The van der Waals surface area contributed by atoms with Crippen LogP contribution in [0.25, 0.3) is 22.3 Å². The van der Waals surface area contributed by atoms with Crippen molar-refractivity contribution in [3.63, 3.8) is 0 Å². The molecule has 0 radical (unpaired) electrons. The number of halogens is 2. The minimum atomic E-state index is -0.889. The maximum atomic E-state index is 14.9. The molecule has 8 nitrogen and oxygen atoms in total. The molecule has 6 rings (SSSR count). The maximum absolute atomic E-state index is 14.9. The molecule has 0 aliphatic heterocycles. The van der Waals surface area contributed by atoms with Crippen LogP contribution in [0.15, 0.2) is 121 Å². The highest BCUT2D eigenvalue weighted by Crippen LogP contribution is 2.39. The van der Waals surface area contributed by atoms with E-state index in [1.807, 2.05) is 84.9 Å². The topological polar surface area (TPSA) is 101 Å². The first-order valence-corrected chi connectivity index (χ1v) is 23.3. The first kappa shape index (κ1) is 59.7. The molecule has 0 fully saturated rings. The Hall–Kier alpha value is -7.56. The zero-order valence-electron chi connectivity index (χ0n) is 42.6. The molecule has 0 spiro atoms. The summed E-state index contributed by atoms with van der Waals surface area (Å²) in [7, 11) is 4.51. The van der Waals surface area contributed by atoms with Gasteiger partial charge in [0.15, 0.2) is 0 Å². The Labute approximate surface area is 433 Å². The van der Waals surface area contributed by atoms with Gasteiger partial charge in [0.1, 0.15) is 47.8 Å². The lowest BCUT2D eigenvalue weighted by molar-refractivity contribution is -0.141. The second-order valence-electron chi connectivity index (χ2n) is 18.9. The highest BCUT2D eigenvalue weighted by Gasteiger charge is 2.24. The monoisotopic (exact) mass is 995 g/mol. The van der Waals surface area contributed by atoms with Crippen molar-refractivity contribution >= 4 is 11.9 Å². The van der Waals surface area contributed by atoms with Crippen LogP contribution in [0.2, 0.25) is 0 Å². The van der Waals surface area contributed by atoms with Crippen LogP contribution in [0.5, 0.6) is 23.0 Å². The Morgan fingerprint density at radius 3 is 1.22 bits per heavy atom. The smallest absolute Gasteiger partial charge is 0.307 e. The molecule has 6 aromatic carbocycles. The van der Waals surface area contributed by atoms with Crippen molar-refractivity contribution in [2.24, 2.45) is 0 Å². The zero-order valence-corrected chi connectivity index (χ0v) is 42.6. The highest BCUT2D eigenvalue weighted by molar-refractivity contribution is 5.73. The molecule has 0 saturated carbocycles. The van der Waals surface area contributed by atoms with Crippen molar-refractivity contribution in [3.8, 4) is 68.9 Å². The summed E-state index contributed by atoms with van der Waals surface area (Å²) in [6.45, 7) is 16.7. The number of methoxy groups -OCH3 is 3. The number of esters is 1. The van der Waals surface area contributed by atoms with Crippen LogP contribution in [-0.2, 0) is 38.4 Å². The van der Waals surface area contributed by atoms with Gasteiger partial charge in [-0.25, -0.2) is 8.78 Å². The lowest BCUT2D eigenvalue weighted by Gasteiger charge is -2.24. The summed E-state index contributed by atoms with van der Waals surface area (Å²) in [6, 6.07) is 36.4. The van der Waals surface area contributed by atoms with Gasteiger partial charge >= 0.3 is 11.9 Å². The molecule has 0 aliphatic carbocycles. The number of aliphatic carboxylic acids is 1. The number of hydrogen-bond donors (Lipinski definition) is 1. The minimum absolute atomic E-state index is 0. The van der Waals surface area contributed by atoms with Gasteiger partial charge < -0.3 is 28.8 Å². The van der Waals surface area contributed by atoms with Crippen LogP contribution in [0, 0.1) is 35.3 Å².